The molecule has 3 N–H and O–H groups in total. The summed E-state index contributed by atoms with van der Waals surface area (Å²) < 4.78 is 23.7. The average Bonchev–Trinajstić information content (AvgIpc) is 3.55. The third-order valence-corrected chi connectivity index (χ3v) is 5.72. The number of fused-ring (bicyclic) bond motifs is 2. The van der Waals surface area contributed by atoms with Gasteiger partial charge in [0, 0.05) is 43.0 Å². The van der Waals surface area contributed by atoms with Crippen molar-refractivity contribution in [3.05, 3.63) is 59.4 Å². The number of nitriles is 1. The molecule has 4 aromatic rings. The number of hydrogen-bond acceptors (Lipinski definition) is 7. The van der Waals surface area contributed by atoms with Crippen molar-refractivity contribution >= 4 is 11.6 Å². The van der Waals surface area contributed by atoms with E-state index < -0.39 is 0 Å². The maximum atomic E-state index is 14.6. The Morgan fingerprint density at radius 1 is 1.29 bits per heavy atom. The SMILES string of the molecule is CN(C)CCn1nccc1-c1cnc(NCc2c(F)ccc3c2CCO3)n2cc(C#N)nc12.O. The third kappa shape index (κ3) is 4.16. The standard InChI is InChI=1S/C23H23FN8O.H2O/c1-30(2)8-9-32-20(5-7-28-32)18-13-27-23(31-14-15(11-25)29-22(18)31)26-12-17-16-6-10-33-21(16)4-3-19(17)24;/h3-5,7,13-14H,6,8-10,12H2,1-2H3,(H,26,27);1H2. The molecule has 1 aliphatic heterocycles. The number of ether oxygens (including phenoxy) is 1. The molecule has 0 aliphatic carbocycles. The third-order valence-electron chi connectivity index (χ3n) is 5.72. The van der Waals surface area contributed by atoms with Crippen LogP contribution in [0.3, 0.4) is 0 Å². The molecule has 3 aromatic heterocycles. The van der Waals surface area contributed by atoms with Crippen molar-refractivity contribution in [3.8, 4) is 23.1 Å². The van der Waals surface area contributed by atoms with Crippen LogP contribution in [-0.4, -0.2) is 61.8 Å². The first-order valence-electron chi connectivity index (χ1n) is 10.7. The summed E-state index contributed by atoms with van der Waals surface area (Å²) in [4.78, 5) is 11.2. The van der Waals surface area contributed by atoms with E-state index >= 15 is 0 Å². The number of imidazole rings is 1. The zero-order valence-electron chi connectivity index (χ0n) is 18.9. The molecule has 0 spiro atoms. The maximum absolute atomic E-state index is 14.6. The van der Waals surface area contributed by atoms with Crippen molar-refractivity contribution in [1.82, 2.24) is 29.0 Å². The predicted octanol–water partition coefficient (Wildman–Crippen LogP) is 1.89. The van der Waals surface area contributed by atoms with Crippen LogP contribution in [0.15, 0.2) is 36.8 Å². The van der Waals surface area contributed by atoms with E-state index in [1.165, 1.54) is 6.07 Å². The van der Waals surface area contributed by atoms with E-state index in [9.17, 15) is 9.65 Å². The maximum Gasteiger partial charge on any atom is 0.208 e. The van der Waals surface area contributed by atoms with Crippen molar-refractivity contribution < 1.29 is 14.6 Å². The molecule has 34 heavy (non-hydrogen) atoms. The number of likely N-dealkylation sites (N-methyl/N-ethyl adjacent to an activating group) is 1. The molecule has 0 saturated heterocycles. The van der Waals surface area contributed by atoms with Crippen LogP contribution in [-0.2, 0) is 19.5 Å². The Morgan fingerprint density at radius 2 is 2.15 bits per heavy atom. The minimum atomic E-state index is -0.284. The minimum absolute atomic E-state index is 0. The van der Waals surface area contributed by atoms with E-state index in [0.29, 0.717) is 36.7 Å². The number of nitrogens with one attached hydrogen (secondary N) is 1. The highest BCUT2D eigenvalue weighted by Crippen LogP contribution is 2.31. The summed E-state index contributed by atoms with van der Waals surface area (Å²) in [6.07, 6.45) is 5.75. The van der Waals surface area contributed by atoms with E-state index in [-0.39, 0.29) is 23.5 Å². The highest BCUT2D eigenvalue weighted by atomic mass is 19.1. The van der Waals surface area contributed by atoms with Gasteiger partial charge in [0.05, 0.1) is 30.6 Å². The number of hydrogen-bond donors (Lipinski definition) is 1. The van der Waals surface area contributed by atoms with Crippen molar-refractivity contribution in [2.24, 2.45) is 0 Å². The van der Waals surface area contributed by atoms with Gasteiger partial charge in [-0.05, 0) is 32.3 Å². The lowest BCUT2D eigenvalue weighted by molar-refractivity contribution is 0.356. The van der Waals surface area contributed by atoms with Gasteiger partial charge in [-0.1, -0.05) is 0 Å². The molecule has 1 aromatic carbocycles. The number of rotatable bonds is 7. The van der Waals surface area contributed by atoms with E-state index in [4.69, 9.17) is 4.74 Å². The zero-order chi connectivity index (χ0) is 22.9. The molecule has 0 fully saturated rings. The molecule has 0 atom stereocenters. The first-order chi connectivity index (χ1) is 16.0. The second kappa shape index (κ2) is 9.46. The smallest absolute Gasteiger partial charge is 0.208 e. The summed E-state index contributed by atoms with van der Waals surface area (Å²) in [6, 6.07) is 7.09. The number of halogens is 1. The molecule has 176 valence electrons. The van der Waals surface area contributed by atoms with Crippen LogP contribution in [0, 0.1) is 17.1 Å². The second-order valence-electron chi connectivity index (χ2n) is 8.12. The van der Waals surface area contributed by atoms with Gasteiger partial charge < -0.3 is 20.4 Å². The van der Waals surface area contributed by atoms with E-state index in [1.54, 1.807) is 29.1 Å². The summed E-state index contributed by atoms with van der Waals surface area (Å²) in [5.74, 6) is 0.910. The van der Waals surface area contributed by atoms with Crippen LogP contribution in [0.25, 0.3) is 16.9 Å². The van der Waals surface area contributed by atoms with Crippen molar-refractivity contribution in [2.45, 2.75) is 19.5 Å². The van der Waals surface area contributed by atoms with Crippen LogP contribution in [0.5, 0.6) is 5.75 Å². The molecule has 0 radical (unpaired) electrons. The highest BCUT2D eigenvalue weighted by Gasteiger charge is 2.21. The van der Waals surface area contributed by atoms with Gasteiger partial charge in [-0.3, -0.25) is 9.08 Å². The average molecular weight is 465 g/mol. The molecule has 4 heterocycles. The van der Waals surface area contributed by atoms with Gasteiger partial charge in [-0.15, -0.1) is 0 Å². The molecule has 0 saturated carbocycles. The molecule has 0 amide bonds. The van der Waals surface area contributed by atoms with Crippen LogP contribution < -0.4 is 10.1 Å². The Balaban J connectivity index is 0.00000274. The first-order valence-corrected chi connectivity index (χ1v) is 10.7. The molecule has 0 bridgehead atoms. The van der Waals surface area contributed by atoms with Crippen LogP contribution in [0.2, 0.25) is 0 Å². The summed E-state index contributed by atoms with van der Waals surface area (Å²) in [6.45, 7) is 2.32. The van der Waals surface area contributed by atoms with Gasteiger partial charge in [0.15, 0.2) is 11.3 Å². The molecule has 0 unspecified atom stereocenters. The Kier molecular flexibility index (Phi) is 6.45. The Morgan fingerprint density at radius 3 is 2.94 bits per heavy atom. The van der Waals surface area contributed by atoms with E-state index in [2.05, 4.69) is 31.4 Å². The largest absolute Gasteiger partial charge is 0.493 e. The summed E-state index contributed by atoms with van der Waals surface area (Å²) in [5, 5.41) is 17.1. The monoisotopic (exact) mass is 464 g/mol. The summed E-state index contributed by atoms with van der Waals surface area (Å²) in [7, 11) is 4.02. The van der Waals surface area contributed by atoms with Gasteiger partial charge >= 0.3 is 0 Å². The number of anilines is 1. The van der Waals surface area contributed by atoms with E-state index in [1.807, 2.05) is 24.8 Å². The Bertz CT molecular complexity index is 1370. The minimum Gasteiger partial charge on any atom is -0.493 e. The molecule has 5 rings (SSSR count). The topological polar surface area (TPSA) is 128 Å². The Hall–Kier alpha value is -4.01. The van der Waals surface area contributed by atoms with Crippen molar-refractivity contribution in [1.29, 1.82) is 5.26 Å². The molecular formula is C23H25FN8O2. The fraction of sp³-hybridized carbons (Fsp3) is 0.304. The van der Waals surface area contributed by atoms with Gasteiger partial charge in [-0.2, -0.15) is 10.4 Å². The van der Waals surface area contributed by atoms with Crippen LogP contribution >= 0.6 is 0 Å². The number of aromatic nitrogens is 5. The Labute approximate surface area is 195 Å². The van der Waals surface area contributed by atoms with E-state index in [0.717, 1.165) is 29.1 Å². The molecule has 1 aliphatic rings. The normalized spacial score (nSPS) is 12.3. The quantitative estimate of drug-likeness (QED) is 0.442. The van der Waals surface area contributed by atoms with Crippen LogP contribution in [0.4, 0.5) is 10.3 Å². The fourth-order valence-corrected chi connectivity index (χ4v) is 4.05. The molecule has 11 heteroatoms. The van der Waals surface area contributed by atoms with Crippen LogP contribution in [0.1, 0.15) is 16.8 Å². The van der Waals surface area contributed by atoms with Gasteiger partial charge in [0.1, 0.15) is 17.6 Å². The fourth-order valence-electron chi connectivity index (χ4n) is 4.05. The van der Waals surface area contributed by atoms with Gasteiger partial charge in [0.2, 0.25) is 5.95 Å². The number of benzene rings is 1. The highest BCUT2D eigenvalue weighted by molar-refractivity contribution is 5.76. The zero-order valence-corrected chi connectivity index (χ0v) is 18.9. The first kappa shape index (κ1) is 23.2. The van der Waals surface area contributed by atoms with Gasteiger partial charge in [0.25, 0.3) is 0 Å². The number of nitrogens with zero attached hydrogens (tertiary/aromatic N) is 7. The lowest BCUT2D eigenvalue weighted by Crippen LogP contribution is -2.19. The molecule has 10 nitrogen and oxygen atoms in total. The molecular weight excluding hydrogens is 439 g/mol. The second-order valence-corrected chi connectivity index (χ2v) is 8.12. The summed E-state index contributed by atoms with van der Waals surface area (Å²) >= 11 is 0. The summed E-state index contributed by atoms with van der Waals surface area (Å²) in [5.41, 5.74) is 3.91. The van der Waals surface area contributed by atoms with Crippen molar-refractivity contribution in [3.63, 3.8) is 0 Å². The van der Waals surface area contributed by atoms with Gasteiger partial charge in [-0.25, -0.2) is 14.4 Å². The lowest BCUT2D eigenvalue weighted by atomic mass is 10.0. The van der Waals surface area contributed by atoms with Crippen molar-refractivity contribution in [2.75, 3.05) is 32.6 Å². The lowest BCUT2D eigenvalue weighted by Gasteiger charge is -2.14. The predicted molar refractivity (Wildman–Crippen MR) is 124 cm³/mol.